The number of rotatable bonds is 5. The summed E-state index contributed by atoms with van der Waals surface area (Å²) in [5.41, 5.74) is 9.38. The van der Waals surface area contributed by atoms with Gasteiger partial charge in [-0.05, 0) is 69.1 Å². The van der Waals surface area contributed by atoms with Gasteiger partial charge in [0.05, 0.1) is 19.3 Å². The number of nitrogens with one attached hydrogen (secondary N) is 2. The molecule has 1 saturated heterocycles. The van der Waals surface area contributed by atoms with Gasteiger partial charge in [-0.15, -0.1) is 0 Å². The van der Waals surface area contributed by atoms with Crippen LogP contribution in [0.1, 0.15) is 92.0 Å². The van der Waals surface area contributed by atoms with Gasteiger partial charge >= 0.3 is 0 Å². The molecule has 39 heavy (non-hydrogen) atoms. The third-order valence-electron chi connectivity index (χ3n) is 6.82. The molecule has 4 N–H and O–H groups in total. The van der Waals surface area contributed by atoms with E-state index < -0.39 is 17.8 Å². The number of imide groups is 1. The largest absolute Gasteiger partial charge is 0.380 e. The summed E-state index contributed by atoms with van der Waals surface area (Å²) >= 11 is 0. The first-order valence-corrected chi connectivity index (χ1v) is 14.0. The number of amides is 3. The fourth-order valence-corrected chi connectivity index (χ4v) is 4.75. The Morgan fingerprint density at radius 1 is 1.31 bits per heavy atom. The van der Waals surface area contributed by atoms with Gasteiger partial charge < -0.3 is 15.4 Å². The van der Waals surface area contributed by atoms with Gasteiger partial charge in [-0.2, -0.15) is 5.10 Å². The molecule has 0 spiro atoms. The molecule has 1 aromatic heterocycles. The fraction of sp³-hybridized carbons (Fsp3) is 0.586. The Bertz CT molecular complexity index is 1050. The van der Waals surface area contributed by atoms with Crippen LogP contribution in [-0.2, 0) is 33.7 Å². The smallest absolute Gasteiger partial charge is 0.255 e. The number of carbonyl (C=O) groups is 3. The fourth-order valence-electron chi connectivity index (χ4n) is 4.75. The Hall–Kier alpha value is -3.11. The number of halogens is 1. The second kappa shape index (κ2) is 16.8. The van der Waals surface area contributed by atoms with Crippen molar-refractivity contribution in [1.29, 1.82) is 0 Å². The molecule has 3 heterocycles. The van der Waals surface area contributed by atoms with Crippen molar-refractivity contribution in [3.63, 3.8) is 0 Å². The number of hydrogen-bond donors (Lipinski definition) is 3. The van der Waals surface area contributed by atoms with E-state index >= 15 is 0 Å². The maximum absolute atomic E-state index is 14.1. The summed E-state index contributed by atoms with van der Waals surface area (Å²) in [4.78, 5) is 36.1. The Morgan fingerprint density at radius 3 is 2.64 bits per heavy atom. The van der Waals surface area contributed by atoms with Crippen molar-refractivity contribution in [2.45, 2.75) is 97.7 Å². The zero-order chi connectivity index (χ0) is 28.8. The number of fused-ring (bicyclic) bond motifs is 2. The Labute approximate surface area is 231 Å². The normalized spacial score (nSPS) is 18.1. The molecule has 2 unspecified atom stereocenters. The molecule has 3 aliphatic rings. The lowest BCUT2D eigenvalue weighted by atomic mass is 9.99. The molecule has 0 radical (unpaired) electrons. The number of carbonyl (C=O) groups excluding carboxylic acids is 3. The summed E-state index contributed by atoms with van der Waals surface area (Å²) in [5.74, 6) is -1.32. The topological polar surface area (TPSA) is 130 Å². The van der Waals surface area contributed by atoms with E-state index in [1.54, 1.807) is 19.1 Å². The third-order valence-corrected chi connectivity index (χ3v) is 6.82. The molecule has 1 aliphatic carbocycles. The SMILES string of the molecule is CC.CCCC(C(=O)NC=O)N1Cc2c(ccc(C)c2F)C1=O.NC1CCCOC1.c1n[nH]c2c1CCCC2. The van der Waals surface area contributed by atoms with Crippen molar-refractivity contribution >= 4 is 18.2 Å². The van der Waals surface area contributed by atoms with Crippen LogP contribution in [0.5, 0.6) is 0 Å². The van der Waals surface area contributed by atoms with Crippen molar-refractivity contribution < 1.29 is 23.5 Å². The molecular weight excluding hydrogens is 501 g/mol. The number of nitrogens with zero attached hydrogens (tertiary/aromatic N) is 2. The quantitative estimate of drug-likeness (QED) is 0.488. The minimum absolute atomic E-state index is 0.0542. The predicted molar refractivity (Wildman–Crippen MR) is 149 cm³/mol. The molecule has 1 aromatic carbocycles. The first-order chi connectivity index (χ1) is 18.9. The number of aromatic amines is 1. The summed E-state index contributed by atoms with van der Waals surface area (Å²) in [5, 5.41) is 9.06. The van der Waals surface area contributed by atoms with Gasteiger partial charge in [-0.3, -0.25) is 24.8 Å². The molecule has 10 heteroatoms. The molecular formula is C29H44FN5O4. The van der Waals surface area contributed by atoms with Gasteiger partial charge in [0.15, 0.2) is 0 Å². The Kier molecular flexibility index (Phi) is 13.8. The zero-order valence-corrected chi connectivity index (χ0v) is 23.7. The molecule has 216 valence electrons. The summed E-state index contributed by atoms with van der Waals surface area (Å²) in [6.45, 7) is 9.23. The molecule has 2 aliphatic heterocycles. The number of nitrogens with two attached hydrogens (primary N) is 1. The van der Waals surface area contributed by atoms with Crippen LogP contribution >= 0.6 is 0 Å². The van der Waals surface area contributed by atoms with Gasteiger partial charge in [-0.25, -0.2) is 4.39 Å². The summed E-state index contributed by atoms with van der Waals surface area (Å²) in [6.07, 6.45) is 10.7. The lowest BCUT2D eigenvalue weighted by molar-refractivity contribution is -0.129. The molecule has 3 amide bonds. The number of aryl methyl sites for hydroxylation is 3. The van der Waals surface area contributed by atoms with E-state index in [4.69, 9.17) is 10.5 Å². The van der Waals surface area contributed by atoms with E-state index in [0.717, 1.165) is 26.1 Å². The van der Waals surface area contributed by atoms with E-state index in [2.05, 4.69) is 15.5 Å². The van der Waals surface area contributed by atoms with E-state index in [0.29, 0.717) is 36.4 Å². The highest BCUT2D eigenvalue weighted by molar-refractivity contribution is 6.02. The lowest BCUT2D eigenvalue weighted by Crippen LogP contribution is -2.46. The number of ether oxygens (including phenoxy) is 1. The van der Waals surface area contributed by atoms with Crippen molar-refractivity contribution in [1.82, 2.24) is 20.4 Å². The zero-order valence-electron chi connectivity index (χ0n) is 23.7. The highest BCUT2D eigenvalue weighted by Gasteiger charge is 2.37. The van der Waals surface area contributed by atoms with E-state index in [1.165, 1.54) is 41.8 Å². The first-order valence-electron chi connectivity index (χ1n) is 14.0. The average Bonchev–Trinajstić information content (AvgIpc) is 3.57. The van der Waals surface area contributed by atoms with Gasteiger partial charge in [0.25, 0.3) is 5.91 Å². The predicted octanol–water partition coefficient (Wildman–Crippen LogP) is 3.97. The second-order valence-electron chi connectivity index (χ2n) is 9.64. The molecule has 2 atom stereocenters. The minimum atomic E-state index is -0.764. The molecule has 0 saturated carbocycles. The maximum Gasteiger partial charge on any atom is 0.255 e. The van der Waals surface area contributed by atoms with Gasteiger partial charge in [-0.1, -0.05) is 33.3 Å². The highest BCUT2D eigenvalue weighted by atomic mass is 19.1. The summed E-state index contributed by atoms with van der Waals surface area (Å²) in [6, 6.07) is 2.68. The monoisotopic (exact) mass is 545 g/mol. The Morgan fingerprint density at radius 2 is 2.05 bits per heavy atom. The van der Waals surface area contributed by atoms with Crippen LogP contribution in [-0.4, -0.2) is 58.6 Å². The standard InChI is InChI=1S/C15H17FN2O3.C7H10N2.C5H11NO.C2H6/c1-3-4-12(14(20)17-8-19)18-7-11-10(15(18)21)6-5-9(2)13(11)16;1-2-4-7-6(3-1)5-8-9-7;6-5-2-1-3-7-4-5;1-2/h5-6,8,12H,3-4,7H2,1-2H3,(H,17,19,20);5H,1-4H2,(H,8,9);5H,1-4,6H2;1-2H3. The second-order valence-corrected chi connectivity index (χ2v) is 9.64. The van der Waals surface area contributed by atoms with Crippen LogP contribution in [0.4, 0.5) is 4.39 Å². The number of aromatic nitrogens is 2. The van der Waals surface area contributed by atoms with Crippen LogP contribution < -0.4 is 11.1 Å². The first kappa shape index (κ1) is 32.1. The number of hydrogen-bond acceptors (Lipinski definition) is 6. The Balaban J connectivity index is 0.000000240. The van der Waals surface area contributed by atoms with Crippen LogP contribution in [0.25, 0.3) is 0 Å². The van der Waals surface area contributed by atoms with Gasteiger partial charge in [0, 0.05) is 29.5 Å². The van der Waals surface area contributed by atoms with Crippen LogP contribution in [0.15, 0.2) is 18.3 Å². The van der Waals surface area contributed by atoms with Crippen molar-refractivity contribution in [2.75, 3.05) is 13.2 Å². The third kappa shape index (κ3) is 8.96. The van der Waals surface area contributed by atoms with Crippen LogP contribution in [0.2, 0.25) is 0 Å². The molecule has 2 aromatic rings. The van der Waals surface area contributed by atoms with Crippen LogP contribution in [0, 0.1) is 12.7 Å². The van der Waals surface area contributed by atoms with E-state index in [1.807, 2.05) is 27.0 Å². The molecule has 5 rings (SSSR count). The summed E-state index contributed by atoms with van der Waals surface area (Å²) in [7, 11) is 0. The van der Waals surface area contributed by atoms with Crippen molar-refractivity contribution in [3.05, 3.63) is 52.1 Å². The summed E-state index contributed by atoms with van der Waals surface area (Å²) < 4.78 is 19.2. The van der Waals surface area contributed by atoms with Crippen LogP contribution in [0.3, 0.4) is 0 Å². The molecule has 1 fully saturated rings. The molecule has 0 bridgehead atoms. The van der Waals surface area contributed by atoms with Gasteiger partial charge in [0.2, 0.25) is 12.3 Å². The van der Waals surface area contributed by atoms with Crippen molar-refractivity contribution in [3.8, 4) is 0 Å². The minimum Gasteiger partial charge on any atom is -0.380 e. The highest BCUT2D eigenvalue weighted by Crippen LogP contribution is 2.29. The number of benzene rings is 1. The van der Waals surface area contributed by atoms with Gasteiger partial charge in [0.1, 0.15) is 11.9 Å². The van der Waals surface area contributed by atoms with Crippen molar-refractivity contribution in [2.24, 2.45) is 5.73 Å². The van der Waals surface area contributed by atoms with E-state index in [9.17, 15) is 18.8 Å². The average molecular weight is 546 g/mol. The number of H-pyrrole nitrogens is 1. The lowest BCUT2D eigenvalue weighted by Gasteiger charge is -2.25. The molecule has 9 nitrogen and oxygen atoms in total. The maximum atomic E-state index is 14.1. The van der Waals surface area contributed by atoms with E-state index in [-0.39, 0.29) is 18.0 Å².